The van der Waals surface area contributed by atoms with Crippen molar-refractivity contribution >= 4 is 6.34 Å². The van der Waals surface area contributed by atoms with Crippen molar-refractivity contribution in [1.29, 1.82) is 0 Å². The number of hydrogen-bond donors (Lipinski definition) is 2. The van der Waals surface area contributed by atoms with Crippen molar-refractivity contribution in [3.63, 3.8) is 0 Å². The monoisotopic (exact) mass is 130 g/mol. The van der Waals surface area contributed by atoms with E-state index in [1.807, 2.05) is 13.8 Å². The Kier molecular flexibility index (Phi) is 4.05. The first-order chi connectivity index (χ1) is 4.13. The summed E-state index contributed by atoms with van der Waals surface area (Å²) in [6.45, 7) is 5.63. The summed E-state index contributed by atoms with van der Waals surface area (Å²) in [6, 6.07) is 0.382. The van der Waals surface area contributed by atoms with E-state index >= 15 is 0 Å². The summed E-state index contributed by atoms with van der Waals surface area (Å²) in [5.74, 6) is 0. The Morgan fingerprint density at radius 3 is 2.33 bits per heavy atom. The van der Waals surface area contributed by atoms with E-state index in [2.05, 4.69) is 10.3 Å². The molecule has 0 spiro atoms. The molecule has 9 heavy (non-hydrogen) atoms. The fourth-order valence-electron chi connectivity index (χ4n) is 0.300. The van der Waals surface area contributed by atoms with Gasteiger partial charge in [0.2, 0.25) is 0 Å². The molecule has 0 aromatic heterocycles. The van der Waals surface area contributed by atoms with Gasteiger partial charge in [-0.25, -0.2) is 4.99 Å². The Morgan fingerprint density at radius 2 is 2.00 bits per heavy atom. The predicted octanol–water partition coefficient (Wildman–Crippen LogP) is 0.351. The summed E-state index contributed by atoms with van der Waals surface area (Å²) in [5, 5.41) is 11.6. The molecule has 3 heteroatoms. The lowest BCUT2D eigenvalue weighted by molar-refractivity contribution is 0.205. The van der Waals surface area contributed by atoms with E-state index in [4.69, 9.17) is 5.11 Å². The van der Waals surface area contributed by atoms with E-state index in [1.165, 1.54) is 6.34 Å². The van der Waals surface area contributed by atoms with Crippen LogP contribution in [0.25, 0.3) is 0 Å². The van der Waals surface area contributed by atoms with Crippen molar-refractivity contribution in [3.05, 3.63) is 0 Å². The van der Waals surface area contributed by atoms with Gasteiger partial charge in [-0.15, -0.1) is 0 Å². The highest BCUT2D eigenvalue weighted by molar-refractivity contribution is 5.54. The first-order valence-corrected chi connectivity index (χ1v) is 3.08. The van der Waals surface area contributed by atoms with Crippen LogP contribution < -0.4 is 5.32 Å². The second-order valence-corrected chi connectivity index (χ2v) is 2.23. The molecule has 0 aromatic rings. The summed E-state index contributed by atoms with van der Waals surface area (Å²) in [6.07, 6.45) is 0.922. The maximum Gasteiger partial charge on any atom is 0.144 e. The van der Waals surface area contributed by atoms with Gasteiger partial charge in [0, 0.05) is 6.04 Å². The third kappa shape index (κ3) is 7.43. The molecule has 2 N–H and O–H groups in total. The van der Waals surface area contributed by atoms with Crippen LogP contribution in [0.2, 0.25) is 0 Å². The number of nitrogens with one attached hydrogen (secondary N) is 1. The molecule has 0 saturated carbocycles. The highest BCUT2D eigenvalue weighted by Crippen LogP contribution is 1.77. The number of aliphatic hydroxyl groups is 1. The second kappa shape index (κ2) is 4.32. The Bertz CT molecular complexity index is 89.1. The fraction of sp³-hybridized carbons (Fsp3) is 0.833. The molecule has 0 bridgehead atoms. The van der Waals surface area contributed by atoms with Gasteiger partial charge in [-0.05, 0) is 20.8 Å². The zero-order valence-corrected chi connectivity index (χ0v) is 6.13. The standard InChI is InChI=1S/C6H14N2O/c1-5(2)7-4-8-6(3)9/h4-6,9H,1-3H3,(H,7,8). The van der Waals surface area contributed by atoms with Crippen molar-refractivity contribution < 1.29 is 5.11 Å². The summed E-state index contributed by atoms with van der Waals surface area (Å²) in [5.41, 5.74) is 0. The Morgan fingerprint density at radius 1 is 1.44 bits per heavy atom. The van der Waals surface area contributed by atoms with Crippen LogP contribution in [-0.2, 0) is 0 Å². The number of hydrogen-bond acceptors (Lipinski definition) is 2. The fourth-order valence-corrected chi connectivity index (χ4v) is 0.300. The van der Waals surface area contributed by atoms with E-state index in [0.29, 0.717) is 6.04 Å². The first kappa shape index (κ1) is 8.43. The van der Waals surface area contributed by atoms with Crippen molar-refractivity contribution in [2.75, 3.05) is 0 Å². The molecule has 0 aromatic carbocycles. The quantitative estimate of drug-likeness (QED) is 0.427. The maximum atomic E-state index is 8.63. The molecule has 3 nitrogen and oxygen atoms in total. The van der Waals surface area contributed by atoms with E-state index < -0.39 is 6.23 Å². The Balaban J connectivity index is 3.25. The molecular weight excluding hydrogens is 116 g/mol. The molecule has 1 atom stereocenters. The van der Waals surface area contributed by atoms with Gasteiger partial charge in [-0.2, -0.15) is 0 Å². The number of nitrogens with zero attached hydrogens (tertiary/aromatic N) is 1. The molecule has 0 saturated heterocycles. The number of rotatable bonds is 3. The first-order valence-electron chi connectivity index (χ1n) is 3.08. The van der Waals surface area contributed by atoms with E-state index in [-0.39, 0.29) is 0 Å². The van der Waals surface area contributed by atoms with Crippen LogP contribution in [0, 0.1) is 0 Å². The minimum atomic E-state index is -0.601. The van der Waals surface area contributed by atoms with Gasteiger partial charge in [-0.1, -0.05) is 0 Å². The molecule has 0 fully saturated rings. The lowest BCUT2D eigenvalue weighted by Gasteiger charge is -2.02. The van der Waals surface area contributed by atoms with E-state index in [1.54, 1.807) is 6.92 Å². The Hall–Kier alpha value is -0.570. The van der Waals surface area contributed by atoms with Crippen LogP contribution >= 0.6 is 0 Å². The third-order valence-electron chi connectivity index (χ3n) is 0.698. The molecular formula is C6H14N2O. The highest BCUT2D eigenvalue weighted by Gasteiger charge is 1.86. The lowest BCUT2D eigenvalue weighted by atomic mass is 10.4. The van der Waals surface area contributed by atoms with Gasteiger partial charge in [0.1, 0.15) is 6.23 Å². The van der Waals surface area contributed by atoms with Crippen LogP contribution in [0.4, 0.5) is 0 Å². The molecule has 1 unspecified atom stereocenters. The molecule has 0 aliphatic heterocycles. The lowest BCUT2D eigenvalue weighted by Crippen LogP contribution is -2.21. The molecule has 0 heterocycles. The van der Waals surface area contributed by atoms with Crippen molar-refractivity contribution in [3.8, 4) is 0 Å². The zero-order valence-electron chi connectivity index (χ0n) is 6.13. The molecule has 0 aliphatic rings. The van der Waals surface area contributed by atoms with Gasteiger partial charge >= 0.3 is 0 Å². The van der Waals surface area contributed by atoms with Gasteiger partial charge < -0.3 is 10.4 Å². The molecule has 54 valence electrons. The minimum Gasteiger partial charge on any atom is -0.374 e. The van der Waals surface area contributed by atoms with E-state index in [0.717, 1.165) is 0 Å². The highest BCUT2D eigenvalue weighted by atomic mass is 16.3. The minimum absolute atomic E-state index is 0.382. The van der Waals surface area contributed by atoms with Crippen LogP contribution in [-0.4, -0.2) is 23.7 Å². The van der Waals surface area contributed by atoms with Crippen LogP contribution in [0.3, 0.4) is 0 Å². The Labute approximate surface area is 55.8 Å². The molecule has 0 rings (SSSR count). The molecule has 0 amide bonds. The van der Waals surface area contributed by atoms with Gasteiger partial charge in [-0.3, -0.25) is 0 Å². The average Bonchev–Trinajstić information content (AvgIpc) is 1.63. The number of aliphatic hydroxyl groups excluding tert-OH is 1. The van der Waals surface area contributed by atoms with Crippen molar-refractivity contribution in [1.82, 2.24) is 5.32 Å². The summed E-state index contributed by atoms with van der Waals surface area (Å²) in [4.78, 5) is 3.68. The van der Waals surface area contributed by atoms with Crippen LogP contribution in [0.5, 0.6) is 0 Å². The summed E-state index contributed by atoms with van der Waals surface area (Å²) < 4.78 is 0. The zero-order chi connectivity index (χ0) is 7.28. The smallest absolute Gasteiger partial charge is 0.144 e. The topological polar surface area (TPSA) is 44.6 Å². The van der Waals surface area contributed by atoms with Crippen molar-refractivity contribution in [2.24, 2.45) is 4.99 Å². The SMILES string of the molecule is CC(O)N=CNC(C)C. The van der Waals surface area contributed by atoms with Gasteiger partial charge in [0.25, 0.3) is 0 Å². The van der Waals surface area contributed by atoms with Gasteiger partial charge in [0.15, 0.2) is 0 Å². The average molecular weight is 130 g/mol. The molecule has 0 radical (unpaired) electrons. The van der Waals surface area contributed by atoms with Gasteiger partial charge in [0.05, 0.1) is 6.34 Å². The molecule has 0 aliphatic carbocycles. The van der Waals surface area contributed by atoms with Crippen molar-refractivity contribution in [2.45, 2.75) is 33.0 Å². The summed E-state index contributed by atoms with van der Waals surface area (Å²) >= 11 is 0. The van der Waals surface area contributed by atoms with Crippen LogP contribution in [0.1, 0.15) is 20.8 Å². The van der Waals surface area contributed by atoms with Crippen LogP contribution in [0.15, 0.2) is 4.99 Å². The largest absolute Gasteiger partial charge is 0.374 e. The summed E-state index contributed by atoms with van der Waals surface area (Å²) in [7, 11) is 0. The number of aliphatic imine (C=N–C) groups is 1. The maximum absolute atomic E-state index is 8.63. The second-order valence-electron chi connectivity index (χ2n) is 2.23. The van der Waals surface area contributed by atoms with E-state index in [9.17, 15) is 0 Å². The normalized spacial score (nSPS) is 14.8. The third-order valence-corrected chi connectivity index (χ3v) is 0.698. The predicted molar refractivity (Wildman–Crippen MR) is 38.4 cm³/mol.